The Morgan fingerprint density at radius 2 is 2.36 bits per heavy atom. The standard InChI is InChI=1S/C9H9N3O2/c1-14-9(13)6-2-5(10)3-8-7(6)4-11-12-8/h2-4H,10H2,1H3,(H,11,12). The molecule has 1 heterocycles. The van der Waals surface area contributed by atoms with E-state index in [2.05, 4.69) is 14.9 Å². The largest absolute Gasteiger partial charge is 0.465 e. The third-order valence-electron chi connectivity index (χ3n) is 1.99. The van der Waals surface area contributed by atoms with Crippen LogP contribution in [0.15, 0.2) is 18.3 Å². The quantitative estimate of drug-likeness (QED) is 0.519. The molecule has 5 heteroatoms. The van der Waals surface area contributed by atoms with Crippen LogP contribution in [0.2, 0.25) is 0 Å². The molecular formula is C9H9N3O2. The molecule has 5 nitrogen and oxygen atoms in total. The van der Waals surface area contributed by atoms with Crippen molar-refractivity contribution in [3.63, 3.8) is 0 Å². The second-order valence-electron chi connectivity index (χ2n) is 2.89. The van der Waals surface area contributed by atoms with Gasteiger partial charge in [0.05, 0.1) is 24.4 Å². The van der Waals surface area contributed by atoms with Gasteiger partial charge in [0.2, 0.25) is 0 Å². The molecule has 72 valence electrons. The zero-order valence-corrected chi connectivity index (χ0v) is 7.57. The molecule has 1 aromatic heterocycles. The van der Waals surface area contributed by atoms with Crippen LogP contribution in [-0.4, -0.2) is 23.3 Å². The fraction of sp³-hybridized carbons (Fsp3) is 0.111. The highest BCUT2D eigenvalue weighted by Gasteiger charge is 2.12. The van der Waals surface area contributed by atoms with E-state index in [9.17, 15) is 4.79 Å². The van der Waals surface area contributed by atoms with E-state index >= 15 is 0 Å². The highest BCUT2D eigenvalue weighted by Crippen LogP contribution is 2.20. The van der Waals surface area contributed by atoms with E-state index in [1.807, 2.05) is 0 Å². The first-order valence-corrected chi connectivity index (χ1v) is 4.03. The third kappa shape index (κ3) is 1.19. The second-order valence-corrected chi connectivity index (χ2v) is 2.89. The summed E-state index contributed by atoms with van der Waals surface area (Å²) in [6, 6.07) is 3.29. The maximum atomic E-state index is 11.4. The van der Waals surface area contributed by atoms with Gasteiger partial charge in [-0.15, -0.1) is 0 Å². The van der Waals surface area contributed by atoms with Crippen LogP contribution in [0.3, 0.4) is 0 Å². The van der Waals surface area contributed by atoms with Crippen LogP contribution in [0.1, 0.15) is 10.4 Å². The minimum absolute atomic E-state index is 0.413. The van der Waals surface area contributed by atoms with Crippen molar-refractivity contribution in [3.05, 3.63) is 23.9 Å². The molecule has 0 saturated carbocycles. The van der Waals surface area contributed by atoms with Gasteiger partial charge in [0, 0.05) is 11.1 Å². The Balaban J connectivity index is 2.72. The minimum atomic E-state index is -0.413. The molecular weight excluding hydrogens is 182 g/mol. The summed E-state index contributed by atoms with van der Waals surface area (Å²) in [7, 11) is 1.33. The molecule has 0 aliphatic heterocycles. The fourth-order valence-electron chi connectivity index (χ4n) is 1.35. The van der Waals surface area contributed by atoms with Crippen molar-refractivity contribution in [2.45, 2.75) is 0 Å². The number of methoxy groups -OCH3 is 1. The average molecular weight is 191 g/mol. The molecule has 0 amide bonds. The molecule has 0 radical (unpaired) electrons. The first kappa shape index (κ1) is 8.55. The number of hydrogen-bond donors (Lipinski definition) is 2. The van der Waals surface area contributed by atoms with Crippen molar-refractivity contribution < 1.29 is 9.53 Å². The summed E-state index contributed by atoms with van der Waals surface area (Å²) in [5.41, 5.74) is 7.28. The average Bonchev–Trinajstić information content (AvgIpc) is 2.62. The highest BCUT2D eigenvalue weighted by molar-refractivity contribution is 6.04. The van der Waals surface area contributed by atoms with Crippen molar-refractivity contribution in [2.75, 3.05) is 12.8 Å². The molecule has 0 atom stereocenters. The van der Waals surface area contributed by atoms with Crippen LogP contribution in [0.5, 0.6) is 0 Å². The Morgan fingerprint density at radius 3 is 3.07 bits per heavy atom. The van der Waals surface area contributed by atoms with Crippen LogP contribution in [-0.2, 0) is 4.74 Å². The summed E-state index contributed by atoms with van der Waals surface area (Å²) in [6.45, 7) is 0. The topological polar surface area (TPSA) is 81.0 Å². The summed E-state index contributed by atoms with van der Waals surface area (Å²) in [4.78, 5) is 11.4. The van der Waals surface area contributed by atoms with E-state index in [1.165, 1.54) is 7.11 Å². The van der Waals surface area contributed by atoms with Crippen molar-refractivity contribution in [1.82, 2.24) is 10.2 Å². The van der Waals surface area contributed by atoms with Gasteiger partial charge in [-0.3, -0.25) is 5.10 Å². The molecule has 0 saturated heterocycles. The van der Waals surface area contributed by atoms with Gasteiger partial charge >= 0.3 is 5.97 Å². The van der Waals surface area contributed by atoms with Crippen molar-refractivity contribution in [2.24, 2.45) is 0 Å². The van der Waals surface area contributed by atoms with E-state index < -0.39 is 5.97 Å². The number of H-pyrrole nitrogens is 1. The number of benzene rings is 1. The predicted molar refractivity (Wildman–Crippen MR) is 51.8 cm³/mol. The van der Waals surface area contributed by atoms with Crippen LogP contribution in [0, 0.1) is 0 Å². The zero-order chi connectivity index (χ0) is 10.1. The lowest BCUT2D eigenvalue weighted by atomic mass is 10.1. The number of hydrogen-bond acceptors (Lipinski definition) is 4. The van der Waals surface area contributed by atoms with E-state index in [-0.39, 0.29) is 0 Å². The van der Waals surface area contributed by atoms with Gasteiger partial charge < -0.3 is 10.5 Å². The van der Waals surface area contributed by atoms with Crippen LogP contribution in [0.4, 0.5) is 5.69 Å². The maximum Gasteiger partial charge on any atom is 0.338 e. The van der Waals surface area contributed by atoms with Gasteiger partial charge in [-0.25, -0.2) is 4.79 Å². The van der Waals surface area contributed by atoms with Gasteiger partial charge in [-0.1, -0.05) is 0 Å². The molecule has 0 spiro atoms. The lowest BCUT2D eigenvalue weighted by Crippen LogP contribution is -2.02. The van der Waals surface area contributed by atoms with Gasteiger partial charge in [-0.05, 0) is 12.1 Å². The van der Waals surface area contributed by atoms with Crippen molar-refractivity contribution in [1.29, 1.82) is 0 Å². The Kier molecular flexibility index (Phi) is 1.85. The number of nitrogen functional groups attached to an aromatic ring is 1. The van der Waals surface area contributed by atoms with Crippen LogP contribution < -0.4 is 5.73 Å². The molecule has 3 N–H and O–H groups in total. The monoisotopic (exact) mass is 191 g/mol. The molecule has 0 bridgehead atoms. The number of aromatic amines is 1. The molecule has 2 aromatic rings. The van der Waals surface area contributed by atoms with E-state index in [0.29, 0.717) is 16.6 Å². The molecule has 14 heavy (non-hydrogen) atoms. The van der Waals surface area contributed by atoms with Crippen molar-refractivity contribution >= 4 is 22.6 Å². The summed E-state index contributed by atoms with van der Waals surface area (Å²) in [6.07, 6.45) is 1.57. The number of rotatable bonds is 1. The van der Waals surface area contributed by atoms with Gasteiger partial charge in [0.25, 0.3) is 0 Å². The van der Waals surface area contributed by atoms with E-state index in [1.54, 1.807) is 18.3 Å². The number of anilines is 1. The Bertz CT molecular complexity index is 490. The van der Waals surface area contributed by atoms with E-state index in [4.69, 9.17) is 5.73 Å². The number of nitrogens with one attached hydrogen (secondary N) is 1. The lowest BCUT2D eigenvalue weighted by molar-refractivity contribution is 0.0603. The van der Waals surface area contributed by atoms with Gasteiger partial charge in [-0.2, -0.15) is 5.10 Å². The summed E-state index contributed by atoms with van der Waals surface area (Å²) in [5.74, 6) is -0.413. The SMILES string of the molecule is COC(=O)c1cc(N)cc2[nH]ncc12. The van der Waals surface area contributed by atoms with Crippen molar-refractivity contribution in [3.8, 4) is 0 Å². The Labute approximate surface area is 79.9 Å². The first-order chi connectivity index (χ1) is 6.72. The number of nitrogens with two attached hydrogens (primary N) is 1. The number of nitrogens with zero attached hydrogens (tertiary/aromatic N) is 1. The molecule has 0 aliphatic carbocycles. The lowest BCUT2D eigenvalue weighted by Gasteiger charge is -2.01. The zero-order valence-electron chi connectivity index (χ0n) is 7.57. The van der Waals surface area contributed by atoms with Crippen LogP contribution in [0.25, 0.3) is 10.9 Å². The fourth-order valence-corrected chi connectivity index (χ4v) is 1.35. The van der Waals surface area contributed by atoms with Gasteiger partial charge in [0.1, 0.15) is 0 Å². The number of aromatic nitrogens is 2. The normalized spacial score (nSPS) is 10.4. The van der Waals surface area contributed by atoms with Gasteiger partial charge in [0.15, 0.2) is 0 Å². The summed E-state index contributed by atoms with van der Waals surface area (Å²) in [5, 5.41) is 7.29. The number of carbonyl (C=O) groups excluding carboxylic acids is 1. The second kappa shape index (κ2) is 3.02. The number of ether oxygens (including phenoxy) is 1. The number of carbonyl (C=O) groups is 1. The first-order valence-electron chi connectivity index (χ1n) is 4.03. The molecule has 0 fully saturated rings. The number of esters is 1. The molecule has 2 rings (SSSR count). The molecule has 0 aliphatic rings. The van der Waals surface area contributed by atoms with Crippen LogP contribution >= 0.6 is 0 Å². The molecule has 1 aromatic carbocycles. The number of fused-ring (bicyclic) bond motifs is 1. The Morgan fingerprint density at radius 1 is 1.57 bits per heavy atom. The smallest absolute Gasteiger partial charge is 0.338 e. The third-order valence-corrected chi connectivity index (χ3v) is 1.99. The van der Waals surface area contributed by atoms with E-state index in [0.717, 1.165) is 5.52 Å². The summed E-state index contributed by atoms with van der Waals surface area (Å²) >= 11 is 0. The minimum Gasteiger partial charge on any atom is -0.465 e. The molecule has 0 unspecified atom stereocenters. The maximum absolute atomic E-state index is 11.4. The predicted octanol–water partition coefficient (Wildman–Crippen LogP) is 0.932. The summed E-state index contributed by atoms with van der Waals surface area (Å²) < 4.78 is 4.63. The highest BCUT2D eigenvalue weighted by atomic mass is 16.5. The Hall–Kier alpha value is -2.04.